The van der Waals surface area contributed by atoms with Crippen molar-refractivity contribution in [2.75, 3.05) is 19.8 Å². The van der Waals surface area contributed by atoms with Crippen molar-refractivity contribution >= 4 is 31.9 Å². The van der Waals surface area contributed by atoms with Crippen molar-refractivity contribution in [3.05, 3.63) is 32.2 Å². The van der Waals surface area contributed by atoms with Crippen LogP contribution in [0.3, 0.4) is 0 Å². The number of aryl methyl sites for hydroxylation is 1. The number of halogens is 4. The summed E-state index contributed by atoms with van der Waals surface area (Å²) >= 11 is 7.12. The Bertz CT molecular complexity index is 444. The average molecular weight is 429 g/mol. The van der Waals surface area contributed by atoms with Gasteiger partial charge in [-0.2, -0.15) is 0 Å². The molecular weight excluding hydrogens is 408 g/mol. The Kier molecular flexibility index (Phi) is 8.94. The van der Waals surface area contributed by atoms with E-state index in [9.17, 15) is 8.78 Å². The molecule has 0 bridgehead atoms. The Hall–Kier alpha value is -0.0400. The maximum Gasteiger partial charge on any atom is 0.261 e. The first-order valence-electron chi connectivity index (χ1n) is 7.00. The van der Waals surface area contributed by atoms with E-state index in [4.69, 9.17) is 4.74 Å². The Morgan fingerprint density at radius 1 is 1.24 bits per heavy atom. The lowest BCUT2D eigenvalue weighted by Crippen LogP contribution is -2.24. The first-order valence-corrected chi connectivity index (χ1v) is 8.59. The zero-order valence-corrected chi connectivity index (χ0v) is 15.4. The summed E-state index contributed by atoms with van der Waals surface area (Å²) in [4.78, 5) is 0. The van der Waals surface area contributed by atoms with Gasteiger partial charge in [-0.05, 0) is 49.6 Å². The van der Waals surface area contributed by atoms with E-state index in [0.717, 1.165) is 33.0 Å². The van der Waals surface area contributed by atoms with Crippen LogP contribution < -0.4 is 5.32 Å². The highest BCUT2D eigenvalue weighted by molar-refractivity contribution is 9.11. The van der Waals surface area contributed by atoms with Crippen molar-refractivity contribution in [1.82, 2.24) is 5.32 Å². The molecule has 0 spiro atoms. The molecule has 0 aliphatic heterocycles. The van der Waals surface area contributed by atoms with Crippen LogP contribution in [0, 0.1) is 6.92 Å². The Morgan fingerprint density at radius 3 is 2.57 bits per heavy atom. The van der Waals surface area contributed by atoms with Crippen LogP contribution >= 0.6 is 31.9 Å². The molecule has 0 aliphatic rings. The highest BCUT2D eigenvalue weighted by atomic mass is 79.9. The third kappa shape index (κ3) is 6.72. The van der Waals surface area contributed by atoms with E-state index in [2.05, 4.69) is 56.2 Å². The number of rotatable bonds is 9. The maximum atomic E-state index is 12.1. The monoisotopic (exact) mass is 427 g/mol. The van der Waals surface area contributed by atoms with E-state index in [0.29, 0.717) is 13.0 Å². The topological polar surface area (TPSA) is 21.3 Å². The Morgan fingerprint density at radius 2 is 1.95 bits per heavy atom. The average Bonchev–Trinajstić information content (AvgIpc) is 2.42. The fourth-order valence-corrected chi connectivity index (χ4v) is 3.08. The van der Waals surface area contributed by atoms with E-state index in [1.807, 2.05) is 6.92 Å². The lowest BCUT2D eigenvalue weighted by molar-refractivity contribution is 0.0143. The molecule has 0 aliphatic carbocycles. The number of ether oxygens (including phenoxy) is 1. The first-order chi connectivity index (χ1) is 9.95. The lowest BCUT2D eigenvalue weighted by Gasteiger charge is -2.21. The van der Waals surface area contributed by atoms with Gasteiger partial charge in [0.25, 0.3) is 6.43 Å². The molecule has 0 aromatic heterocycles. The van der Waals surface area contributed by atoms with Crippen molar-refractivity contribution in [3.8, 4) is 0 Å². The van der Waals surface area contributed by atoms with Gasteiger partial charge in [-0.3, -0.25) is 0 Å². The first kappa shape index (κ1) is 19.0. The molecule has 21 heavy (non-hydrogen) atoms. The Balaban J connectivity index is 2.74. The molecule has 0 heterocycles. The van der Waals surface area contributed by atoms with Crippen molar-refractivity contribution in [2.24, 2.45) is 0 Å². The van der Waals surface area contributed by atoms with Gasteiger partial charge in [-0.15, -0.1) is 0 Å². The predicted octanol–water partition coefficient (Wildman–Crippen LogP) is 5.23. The summed E-state index contributed by atoms with van der Waals surface area (Å²) in [6, 6.07) is 4.20. The lowest BCUT2D eigenvalue weighted by atomic mass is 10.0. The van der Waals surface area contributed by atoms with Gasteiger partial charge in [0.15, 0.2) is 0 Å². The van der Waals surface area contributed by atoms with Crippen LogP contribution in [-0.4, -0.2) is 26.2 Å². The predicted molar refractivity (Wildman–Crippen MR) is 89.1 cm³/mol. The number of alkyl halides is 2. The zero-order valence-electron chi connectivity index (χ0n) is 12.3. The number of hydrogen-bond acceptors (Lipinski definition) is 2. The normalized spacial score (nSPS) is 12.9. The molecule has 1 aromatic carbocycles. The highest BCUT2D eigenvalue weighted by Crippen LogP contribution is 2.31. The van der Waals surface area contributed by atoms with Crippen LogP contribution in [0.4, 0.5) is 8.78 Å². The fourth-order valence-electron chi connectivity index (χ4n) is 1.99. The van der Waals surface area contributed by atoms with Crippen LogP contribution in [0.15, 0.2) is 21.1 Å². The molecule has 0 saturated heterocycles. The minimum atomic E-state index is -2.41. The molecule has 0 amide bonds. The van der Waals surface area contributed by atoms with Gasteiger partial charge in [0, 0.05) is 21.6 Å². The summed E-state index contributed by atoms with van der Waals surface area (Å²) < 4.78 is 31.2. The molecule has 1 aromatic rings. The molecule has 1 unspecified atom stereocenters. The van der Waals surface area contributed by atoms with Gasteiger partial charge in [0.2, 0.25) is 0 Å². The van der Waals surface area contributed by atoms with E-state index in [-0.39, 0.29) is 6.04 Å². The second-order valence-corrected chi connectivity index (χ2v) is 6.59. The summed E-state index contributed by atoms with van der Waals surface area (Å²) in [6.45, 7) is 4.80. The van der Waals surface area contributed by atoms with E-state index in [1.165, 1.54) is 0 Å². The smallest absolute Gasteiger partial charge is 0.261 e. The summed E-state index contributed by atoms with van der Waals surface area (Å²) in [5, 5.41) is 3.44. The summed E-state index contributed by atoms with van der Waals surface area (Å²) in [5.41, 5.74) is 2.26. The molecule has 1 atom stereocenters. The van der Waals surface area contributed by atoms with Gasteiger partial charge >= 0.3 is 0 Å². The van der Waals surface area contributed by atoms with Crippen molar-refractivity contribution in [1.29, 1.82) is 0 Å². The van der Waals surface area contributed by atoms with Crippen molar-refractivity contribution in [2.45, 2.75) is 39.2 Å². The van der Waals surface area contributed by atoms with Crippen LogP contribution in [0.2, 0.25) is 0 Å². The van der Waals surface area contributed by atoms with Crippen LogP contribution in [-0.2, 0) is 4.74 Å². The van der Waals surface area contributed by atoms with E-state index < -0.39 is 13.0 Å². The summed E-state index contributed by atoms with van der Waals surface area (Å²) in [5.74, 6) is 0. The fraction of sp³-hybridized carbons (Fsp3) is 0.600. The molecule has 0 radical (unpaired) electrons. The minimum Gasteiger partial charge on any atom is -0.375 e. The van der Waals surface area contributed by atoms with Crippen molar-refractivity contribution < 1.29 is 13.5 Å². The standard InChI is InChI=1S/C15H21Br2F2NO/c1-3-5-20-14(4-6-21-9-15(18)19)11-8-12(16)10(2)7-13(11)17/h7-8,14-15,20H,3-6,9H2,1-2H3. The minimum absolute atomic E-state index is 0.0777. The Labute approximate surface area is 141 Å². The second-order valence-electron chi connectivity index (χ2n) is 4.88. The van der Waals surface area contributed by atoms with Gasteiger partial charge in [-0.1, -0.05) is 38.8 Å². The number of benzene rings is 1. The molecular formula is C15H21Br2F2NO. The zero-order chi connectivity index (χ0) is 15.8. The molecule has 120 valence electrons. The van der Waals surface area contributed by atoms with Gasteiger partial charge in [-0.25, -0.2) is 8.78 Å². The maximum absolute atomic E-state index is 12.1. The van der Waals surface area contributed by atoms with Gasteiger partial charge in [0.05, 0.1) is 0 Å². The number of hydrogen-bond donors (Lipinski definition) is 1. The van der Waals surface area contributed by atoms with Gasteiger partial charge in [0.1, 0.15) is 6.61 Å². The van der Waals surface area contributed by atoms with Crippen LogP contribution in [0.25, 0.3) is 0 Å². The quantitative estimate of drug-likeness (QED) is 0.543. The third-order valence-corrected chi connectivity index (χ3v) is 4.63. The molecule has 1 rings (SSSR count). The SMILES string of the molecule is CCCNC(CCOCC(F)F)c1cc(Br)c(C)cc1Br. The molecule has 2 nitrogen and oxygen atoms in total. The number of nitrogens with one attached hydrogen (secondary N) is 1. The largest absolute Gasteiger partial charge is 0.375 e. The second kappa shape index (κ2) is 9.87. The highest BCUT2D eigenvalue weighted by Gasteiger charge is 2.16. The van der Waals surface area contributed by atoms with Crippen LogP contribution in [0.5, 0.6) is 0 Å². The molecule has 0 fully saturated rings. The summed E-state index contributed by atoms with van der Waals surface area (Å²) in [6.07, 6.45) is -0.743. The van der Waals surface area contributed by atoms with E-state index >= 15 is 0 Å². The van der Waals surface area contributed by atoms with Crippen LogP contribution in [0.1, 0.15) is 36.9 Å². The van der Waals surface area contributed by atoms with Gasteiger partial charge < -0.3 is 10.1 Å². The molecule has 6 heteroatoms. The molecule has 1 N–H and O–H groups in total. The summed E-state index contributed by atoms with van der Waals surface area (Å²) in [7, 11) is 0. The van der Waals surface area contributed by atoms with Crippen molar-refractivity contribution in [3.63, 3.8) is 0 Å². The third-order valence-electron chi connectivity index (χ3n) is 3.09. The molecule has 0 saturated carbocycles. The van der Waals surface area contributed by atoms with E-state index in [1.54, 1.807) is 0 Å².